The summed E-state index contributed by atoms with van der Waals surface area (Å²) in [5.74, 6) is 0.452. The van der Waals surface area contributed by atoms with E-state index in [-0.39, 0.29) is 23.9 Å². The van der Waals surface area contributed by atoms with Crippen LogP contribution in [0.25, 0.3) is 16.6 Å². The number of likely N-dealkylation sites (N-methyl/N-ethyl adjacent to an activating group) is 1. The molecule has 4 aromatic rings. The molecule has 170 valence electrons. The van der Waals surface area contributed by atoms with E-state index in [9.17, 15) is 14.4 Å². The normalized spacial score (nSPS) is 14.9. The van der Waals surface area contributed by atoms with E-state index >= 15 is 0 Å². The van der Waals surface area contributed by atoms with Gasteiger partial charge in [-0.25, -0.2) is 4.98 Å². The van der Waals surface area contributed by atoms with Crippen molar-refractivity contribution >= 4 is 28.4 Å². The molecular weight excluding hydrogens is 432 g/mol. The van der Waals surface area contributed by atoms with Crippen molar-refractivity contribution in [2.75, 3.05) is 18.5 Å². The minimum absolute atomic E-state index is 0.0877. The van der Waals surface area contributed by atoms with Crippen molar-refractivity contribution in [2.45, 2.75) is 13.0 Å². The summed E-state index contributed by atoms with van der Waals surface area (Å²) in [6.07, 6.45) is -0.812. The maximum Gasteiger partial charge on any atom is 0.265 e. The van der Waals surface area contributed by atoms with Crippen LogP contribution in [0.2, 0.25) is 0 Å². The topological polar surface area (TPSA) is 93.5 Å². The van der Waals surface area contributed by atoms with E-state index in [0.29, 0.717) is 39.4 Å². The van der Waals surface area contributed by atoms with Gasteiger partial charge in [-0.15, -0.1) is 0 Å². The number of aryl methyl sites for hydroxylation is 1. The van der Waals surface area contributed by atoms with Gasteiger partial charge in [0.05, 0.1) is 28.8 Å². The third kappa shape index (κ3) is 3.59. The average Bonchev–Trinajstić information content (AvgIpc) is 2.87. The van der Waals surface area contributed by atoms with Gasteiger partial charge in [-0.2, -0.15) is 0 Å². The lowest BCUT2D eigenvalue weighted by Crippen LogP contribution is -2.50. The zero-order chi connectivity index (χ0) is 23.8. The van der Waals surface area contributed by atoms with Crippen molar-refractivity contribution in [1.29, 1.82) is 0 Å². The first kappa shape index (κ1) is 21.4. The molecule has 8 nitrogen and oxygen atoms in total. The van der Waals surface area contributed by atoms with Crippen molar-refractivity contribution in [2.24, 2.45) is 0 Å². The van der Waals surface area contributed by atoms with Gasteiger partial charge in [0.1, 0.15) is 11.6 Å². The lowest BCUT2D eigenvalue weighted by Gasteiger charge is -2.34. The van der Waals surface area contributed by atoms with Crippen LogP contribution in [0.15, 0.2) is 77.6 Å². The van der Waals surface area contributed by atoms with Gasteiger partial charge in [-0.3, -0.25) is 19.0 Å². The van der Waals surface area contributed by atoms with Crippen molar-refractivity contribution in [3.05, 3.63) is 94.5 Å². The second kappa shape index (κ2) is 8.47. The number of hydrogen-bond donors (Lipinski definition) is 1. The van der Waals surface area contributed by atoms with E-state index < -0.39 is 6.10 Å². The molecule has 0 saturated heterocycles. The van der Waals surface area contributed by atoms with Gasteiger partial charge in [0.2, 0.25) is 0 Å². The second-order valence-electron chi connectivity index (χ2n) is 7.97. The Balaban J connectivity index is 1.50. The number of anilines is 1. The Bertz CT molecular complexity index is 1480. The summed E-state index contributed by atoms with van der Waals surface area (Å²) in [6, 6.07) is 21.1. The number of fused-ring (bicyclic) bond motifs is 2. The number of ether oxygens (including phenoxy) is 1. The zero-order valence-electron chi connectivity index (χ0n) is 18.7. The van der Waals surface area contributed by atoms with E-state index in [1.165, 1.54) is 11.6 Å². The Morgan fingerprint density at radius 1 is 1.00 bits per heavy atom. The molecule has 0 radical (unpaired) electrons. The molecule has 34 heavy (non-hydrogen) atoms. The van der Waals surface area contributed by atoms with E-state index in [1.807, 2.05) is 18.2 Å². The van der Waals surface area contributed by atoms with Crippen LogP contribution in [0, 0.1) is 6.92 Å². The van der Waals surface area contributed by atoms with Crippen molar-refractivity contribution in [3.63, 3.8) is 0 Å². The fraction of sp³-hybridized carbons (Fsp3) is 0.154. The Morgan fingerprint density at radius 2 is 1.71 bits per heavy atom. The highest BCUT2D eigenvalue weighted by molar-refractivity contribution is 6.08. The molecule has 0 spiro atoms. The van der Waals surface area contributed by atoms with Crippen LogP contribution in [-0.2, 0) is 4.79 Å². The van der Waals surface area contributed by atoms with Crippen LogP contribution in [0.3, 0.4) is 0 Å². The number of benzene rings is 3. The number of hydrogen-bond acceptors (Lipinski definition) is 5. The molecule has 1 aromatic heterocycles. The largest absolute Gasteiger partial charge is 0.477 e. The molecule has 5 rings (SSSR count). The van der Waals surface area contributed by atoms with Gasteiger partial charge in [0, 0.05) is 12.6 Å². The van der Waals surface area contributed by atoms with Gasteiger partial charge < -0.3 is 15.0 Å². The maximum atomic E-state index is 13.4. The highest BCUT2D eigenvalue weighted by Crippen LogP contribution is 2.34. The summed E-state index contributed by atoms with van der Waals surface area (Å²) in [4.78, 5) is 44.8. The predicted molar refractivity (Wildman–Crippen MR) is 129 cm³/mol. The minimum Gasteiger partial charge on any atom is -0.477 e. The van der Waals surface area contributed by atoms with Crippen LogP contribution >= 0.6 is 0 Å². The van der Waals surface area contributed by atoms with E-state index in [0.717, 1.165) is 0 Å². The van der Waals surface area contributed by atoms with Crippen LogP contribution in [-0.4, -0.2) is 41.1 Å². The maximum absolute atomic E-state index is 13.4. The zero-order valence-corrected chi connectivity index (χ0v) is 18.7. The number of rotatable bonds is 3. The summed E-state index contributed by atoms with van der Waals surface area (Å²) in [5.41, 5.74) is 2.11. The first-order valence-electron chi connectivity index (χ1n) is 10.9. The number of aromatic nitrogens is 2. The molecule has 2 amide bonds. The summed E-state index contributed by atoms with van der Waals surface area (Å²) in [7, 11) is 1.53. The van der Waals surface area contributed by atoms with E-state index in [1.54, 1.807) is 66.4 Å². The van der Waals surface area contributed by atoms with Gasteiger partial charge in [-0.1, -0.05) is 24.3 Å². The lowest BCUT2D eigenvalue weighted by atomic mass is 10.1. The standard InChI is InChI=1S/C26H22N4O4/c1-16-28-20-8-4-3-7-19(20)26(33)30(16)18-13-11-17(12-14-18)25(32)29-15-23(24(31)27-2)34-22-10-6-5-9-21(22)29/h3-14,23H,15H2,1-2H3,(H,27,31)/t23-/m0/s1. The molecule has 0 saturated carbocycles. The van der Waals surface area contributed by atoms with E-state index in [2.05, 4.69) is 10.3 Å². The Labute approximate surface area is 195 Å². The molecule has 3 aromatic carbocycles. The molecular formula is C26H22N4O4. The first-order valence-corrected chi connectivity index (χ1v) is 10.9. The number of carbonyl (C=O) groups excluding carboxylic acids is 2. The number of para-hydroxylation sites is 3. The fourth-order valence-electron chi connectivity index (χ4n) is 4.18. The molecule has 0 fully saturated rings. The number of amides is 2. The third-order valence-corrected chi connectivity index (χ3v) is 5.87. The van der Waals surface area contributed by atoms with Gasteiger partial charge >= 0.3 is 0 Å². The number of nitrogens with one attached hydrogen (secondary N) is 1. The first-order chi connectivity index (χ1) is 16.5. The van der Waals surface area contributed by atoms with Crippen molar-refractivity contribution in [3.8, 4) is 11.4 Å². The van der Waals surface area contributed by atoms with Gasteiger partial charge in [0.15, 0.2) is 6.10 Å². The molecule has 1 N–H and O–H groups in total. The van der Waals surface area contributed by atoms with Crippen LogP contribution in [0.5, 0.6) is 5.75 Å². The van der Waals surface area contributed by atoms with Crippen LogP contribution < -0.4 is 20.5 Å². The van der Waals surface area contributed by atoms with Crippen molar-refractivity contribution in [1.82, 2.24) is 14.9 Å². The Morgan fingerprint density at radius 3 is 2.47 bits per heavy atom. The van der Waals surface area contributed by atoms with E-state index in [4.69, 9.17) is 4.74 Å². The summed E-state index contributed by atoms with van der Waals surface area (Å²) in [5, 5.41) is 3.10. The van der Waals surface area contributed by atoms with Crippen LogP contribution in [0.1, 0.15) is 16.2 Å². The Kier molecular flexibility index (Phi) is 5.33. The van der Waals surface area contributed by atoms with Gasteiger partial charge in [0.25, 0.3) is 17.4 Å². The fourth-order valence-corrected chi connectivity index (χ4v) is 4.18. The molecule has 0 aliphatic carbocycles. The molecule has 0 unspecified atom stereocenters. The molecule has 1 aliphatic heterocycles. The average molecular weight is 454 g/mol. The SMILES string of the molecule is CNC(=O)[C@@H]1CN(C(=O)c2ccc(-n3c(C)nc4ccccc4c3=O)cc2)c2ccccc2O1. The molecule has 2 heterocycles. The smallest absolute Gasteiger partial charge is 0.265 e. The van der Waals surface area contributed by atoms with Crippen LogP contribution in [0.4, 0.5) is 5.69 Å². The quantitative estimate of drug-likeness (QED) is 0.514. The highest BCUT2D eigenvalue weighted by Gasteiger charge is 2.33. The van der Waals surface area contributed by atoms with Gasteiger partial charge in [-0.05, 0) is 55.5 Å². The molecule has 0 bridgehead atoms. The lowest BCUT2D eigenvalue weighted by molar-refractivity contribution is -0.127. The third-order valence-electron chi connectivity index (χ3n) is 5.87. The molecule has 1 atom stereocenters. The second-order valence-corrected chi connectivity index (χ2v) is 7.97. The monoisotopic (exact) mass is 454 g/mol. The Hall–Kier alpha value is -4.46. The highest BCUT2D eigenvalue weighted by atomic mass is 16.5. The minimum atomic E-state index is -0.812. The number of carbonyl (C=O) groups is 2. The summed E-state index contributed by atoms with van der Waals surface area (Å²) in [6.45, 7) is 1.86. The molecule has 8 heteroatoms. The summed E-state index contributed by atoms with van der Waals surface area (Å²) < 4.78 is 7.32. The van der Waals surface area contributed by atoms with Crippen molar-refractivity contribution < 1.29 is 14.3 Å². The molecule has 1 aliphatic rings. The summed E-state index contributed by atoms with van der Waals surface area (Å²) >= 11 is 0. The number of nitrogens with zero attached hydrogens (tertiary/aromatic N) is 3. The predicted octanol–water partition coefficient (Wildman–Crippen LogP) is 2.85.